The first-order valence-electron chi connectivity index (χ1n) is 9.38. The number of rotatable bonds is 5. The van der Waals surface area contributed by atoms with Crippen molar-refractivity contribution in [3.8, 4) is 0 Å². The molecule has 1 N–H and O–H groups in total. The van der Waals surface area contributed by atoms with Crippen LogP contribution in [0.3, 0.4) is 0 Å². The zero-order valence-corrected chi connectivity index (χ0v) is 14.6. The Bertz CT molecular complexity index is 556. The Morgan fingerprint density at radius 2 is 2.12 bits per heavy atom. The van der Waals surface area contributed by atoms with Gasteiger partial charge in [-0.1, -0.05) is 19.1 Å². The second-order valence-electron chi connectivity index (χ2n) is 7.49. The number of nitrogens with zero attached hydrogens (tertiary/aromatic N) is 1. The molecule has 1 aromatic carbocycles. The van der Waals surface area contributed by atoms with Crippen LogP contribution in [-0.4, -0.2) is 36.5 Å². The third-order valence-electron chi connectivity index (χ3n) is 5.74. The van der Waals surface area contributed by atoms with Gasteiger partial charge in [-0.25, -0.2) is 4.39 Å². The van der Waals surface area contributed by atoms with Gasteiger partial charge in [-0.2, -0.15) is 0 Å². The summed E-state index contributed by atoms with van der Waals surface area (Å²) in [6.07, 6.45) is 5.88. The number of hydrogen-bond donors (Lipinski definition) is 1. The smallest absolute Gasteiger partial charge is 0.223 e. The zero-order chi connectivity index (χ0) is 16.9. The maximum atomic E-state index is 13.4. The quantitative estimate of drug-likeness (QED) is 0.896. The Labute approximate surface area is 144 Å². The molecule has 2 aliphatic heterocycles. The summed E-state index contributed by atoms with van der Waals surface area (Å²) in [4.78, 5) is 14.9. The van der Waals surface area contributed by atoms with Gasteiger partial charge < -0.3 is 10.2 Å². The van der Waals surface area contributed by atoms with Crippen LogP contribution in [0.25, 0.3) is 0 Å². The van der Waals surface area contributed by atoms with Crippen LogP contribution in [0.4, 0.5) is 4.39 Å². The molecule has 4 heteroatoms. The molecule has 2 saturated heterocycles. The van der Waals surface area contributed by atoms with Crippen molar-refractivity contribution in [2.24, 2.45) is 11.8 Å². The summed E-state index contributed by atoms with van der Waals surface area (Å²) in [6.45, 7) is 5.24. The van der Waals surface area contributed by atoms with E-state index in [1.165, 1.54) is 18.9 Å². The van der Waals surface area contributed by atoms with Gasteiger partial charge in [0.05, 0.1) is 0 Å². The largest absolute Gasteiger partial charge is 0.339 e. The van der Waals surface area contributed by atoms with Gasteiger partial charge in [-0.3, -0.25) is 4.79 Å². The highest BCUT2D eigenvalue weighted by Crippen LogP contribution is 2.28. The van der Waals surface area contributed by atoms with Crippen LogP contribution in [-0.2, 0) is 11.2 Å². The number of amides is 1. The predicted octanol–water partition coefficient (Wildman–Crippen LogP) is 3.39. The van der Waals surface area contributed by atoms with E-state index in [1.54, 1.807) is 12.1 Å². The second-order valence-corrected chi connectivity index (χ2v) is 7.49. The van der Waals surface area contributed by atoms with Crippen molar-refractivity contribution in [1.82, 2.24) is 10.2 Å². The van der Waals surface area contributed by atoms with Gasteiger partial charge in [0.1, 0.15) is 5.82 Å². The van der Waals surface area contributed by atoms with Crippen LogP contribution in [0.15, 0.2) is 24.3 Å². The summed E-state index contributed by atoms with van der Waals surface area (Å²) in [5.41, 5.74) is 0.992. The van der Waals surface area contributed by atoms with Crippen molar-refractivity contribution in [3.05, 3.63) is 35.6 Å². The fourth-order valence-electron chi connectivity index (χ4n) is 4.28. The van der Waals surface area contributed by atoms with E-state index in [-0.39, 0.29) is 11.9 Å². The molecule has 1 aromatic rings. The van der Waals surface area contributed by atoms with Crippen LogP contribution in [0.1, 0.15) is 44.6 Å². The molecule has 2 unspecified atom stereocenters. The number of carbonyl (C=O) groups excluding carboxylic acids is 1. The van der Waals surface area contributed by atoms with E-state index in [9.17, 15) is 9.18 Å². The minimum absolute atomic E-state index is 0.192. The Kier molecular flexibility index (Phi) is 5.88. The molecule has 2 heterocycles. The summed E-state index contributed by atoms with van der Waals surface area (Å²) < 4.78 is 13.4. The van der Waals surface area contributed by atoms with E-state index in [0.717, 1.165) is 44.5 Å². The van der Waals surface area contributed by atoms with Crippen molar-refractivity contribution in [2.75, 3.05) is 19.6 Å². The van der Waals surface area contributed by atoms with Gasteiger partial charge in [0.15, 0.2) is 0 Å². The summed E-state index contributed by atoms with van der Waals surface area (Å²) in [5, 5.41) is 3.39. The third-order valence-corrected chi connectivity index (χ3v) is 5.74. The molecule has 3 rings (SSSR count). The molecular weight excluding hydrogens is 303 g/mol. The first-order valence-corrected chi connectivity index (χ1v) is 9.38. The molecule has 0 aromatic heterocycles. The molecule has 0 aliphatic carbocycles. The van der Waals surface area contributed by atoms with Crippen molar-refractivity contribution < 1.29 is 9.18 Å². The monoisotopic (exact) mass is 332 g/mol. The molecule has 0 bridgehead atoms. The average Bonchev–Trinajstić information content (AvgIpc) is 3.04. The molecule has 3 nitrogen and oxygen atoms in total. The Morgan fingerprint density at radius 3 is 2.88 bits per heavy atom. The number of carbonyl (C=O) groups is 1. The van der Waals surface area contributed by atoms with Crippen LogP contribution in [0.5, 0.6) is 0 Å². The van der Waals surface area contributed by atoms with Gasteiger partial charge in [0, 0.05) is 19.0 Å². The Morgan fingerprint density at radius 1 is 1.33 bits per heavy atom. The van der Waals surface area contributed by atoms with E-state index in [4.69, 9.17) is 0 Å². The Balaban J connectivity index is 1.56. The summed E-state index contributed by atoms with van der Waals surface area (Å²) >= 11 is 0. The van der Waals surface area contributed by atoms with Crippen molar-refractivity contribution in [3.63, 3.8) is 0 Å². The molecule has 0 radical (unpaired) electrons. The first-order chi connectivity index (χ1) is 11.6. The van der Waals surface area contributed by atoms with Crippen LogP contribution >= 0.6 is 0 Å². The molecule has 132 valence electrons. The first kappa shape index (κ1) is 17.4. The highest BCUT2D eigenvalue weighted by molar-refractivity contribution is 5.77. The van der Waals surface area contributed by atoms with E-state index < -0.39 is 0 Å². The maximum absolute atomic E-state index is 13.4. The van der Waals surface area contributed by atoms with Gasteiger partial charge in [0.2, 0.25) is 5.91 Å². The number of piperidine rings is 1. The Hall–Kier alpha value is -1.42. The molecule has 0 saturated carbocycles. The lowest BCUT2D eigenvalue weighted by molar-refractivity contribution is -0.133. The van der Waals surface area contributed by atoms with Crippen LogP contribution < -0.4 is 5.32 Å². The van der Waals surface area contributed by atoms with Gasteiger partial charge >= 0.3 is 0 Å². The molecule has 2 fully saturated rings. The van der Waals surface area contributed by atoms with Crippen molar-refractivity contribution in [2.45, 2.75) is 51.5 Å². The fraction of sp³-hybridized carbons (Fsp3) is 0.650. The highest BCUT2D eigenvalue weighted by Gasteiger charge is 2.31. The predicted molar refractivity (Wildman–Crippen MR) is 94.2 cm³/mol. The normalized spacial score (nSPS) is 23.4. The van der Waals surface area contributed by atoms with E-state index in [0.29, 0.717) is 24.2 Å². The minimum Gasteiger partial charge on any atom is -0.339 e. The van der Waals surface area contributed by atoms with Crippen LogP contribution in [0, 0.1) is 17.7 Å². The second kappa shape index (κ2) is 8.11. The van der Waals surface area contributed by atoms with Crippen molar-refractivity contribution in [1.29, 1.82) is 0 Å². The van der Waals surface area contributed by atoms with E-state index in [1.807, 2.05) is 6.07 Å². The molecule has 24 heavy (non-hydrogen) atoms. The molecule has 2 atom stereocenters. The summed E-state index contributed by atoms with van der Waals surface area (Å²) in [6, 6.07) is 7.02. The molecular formula is C20H29FN2O. The fourth-order valence-corrected chi connectivity index (χ4v) is 4.28. The number of nitrogens with one attached hydrogen (secondary N) is 1. The lowest BCUT2D eigenvalue weighted by Crippen LogP contribution is -2.39. The van der Waals surface area contributed by atoms with Gasteiger partial charge in [-0.05, 0) is 74.7 Å². The number of halogens is 1. The molecule has 1 amide bonds. The van der Waals surface area contributed by atoms with E-state index in [2.05, 4.69) is 17.1 Å². The zero-order valence-electron chi connectivity index (χ0n) is 14.6. The number of hydrogen-bond acceptors (Lipinski definition) is 2. The van der Waals surface area contributed by atoms with E-state index >= 15 is 0 Å². The topological polar surface area (TPSA) is 32.3 Å². The lowest BCUT2D eigenvalue weighted by atomic mass is 9.84. The molecule has 2 aliphatic rings. The summed E-state index contributed by atoms with van der Waals surface area (Å²) in [5.74, 6) is 1.22. The molecule has 0 spiro atoms. The van der Waals surface area contributed by atoms with Gasteiger partial charge in [-0.15, -0.1) is 0 Å². The van der Waals surface area contributed by atoms with Crippen molar-refractivity contribution >= 4 is 5.91 Å². The lowest BCUT2D eigenvalue weighted by Gasteiger charge is -2.31. The average molecular weight is 332 g/mol. The SMILES string of the molecule is CC(CC(=O)N1CCCC1Cc1cccc(F)c1)C1CCNCC1. The maximum Gasteiger partial charge on any atom is 0.223 e. The summed E-state index contributed by atoms with van der Waals surface area (Å²) in [7, 11) is 0. The van der Waals surface area contributed by atoms with Gasteiger partial charge in [0.25, 0.3) is 0 Å². The number of benzene rings is 1. The minimum atomic E-state index is -0.192. The number of likely N-dealkylation sites (tertiary alicyclic amines) is 1. The highest BCUT2D eigenvalue weighted by atomic mass is 19.1. The van der Waals surface area contributed by atoms with Crippen LogP contribution in [0.2, 0.25) is 0 Å². The standard InChI is InChI=1S/C20H29FN2O/c1-15(17-7-9-22-10-8-17)12-20(24)23-11-3-6-19(23)14-16-4-2-5-18(21)13-16/h2,4-5,13,15,17,19,22H,3,6-12,14H2,1H3. The third kappa shape index (κ3) is 4.35.